The van der Waals surface area contributed by atoms with Gasteiger partial charge in [-0.05, 0) is 31.0 Å². The minimum atomic E-state index is -0.270. The number of benzene rings is 1. The number of thioether (sulfide) groups is 1. The van der Waals surface area contributed by atoms with Crippen molar-refractivity contribution in [3.8, 4) is 11.5 Å². The Morgan fingerprint density at radius 2 is 1.90 bits per heavy atom. The highest BCUT2D eigenvalue weighted by Crippen LogP contribution is 2.29. The van der Waals surface area contributed by atoms with Gasteiger partial charge in [0.25, 0.3) is 5.24 Å². The summed E-state index contributed by atoms with van der Waals surface area (Å²) >= 11 is 1.08. The molecule has 2 amide bonds. The predicted octanol–water partition coefficient (Wildman–Crippen LogP) is 2.33. The SMILES string of the molecule is COc1ccc(CCN2C(=O)SC(C)C2=O)cc1OC. The molecule has 1 unspecified atom stereocenters. The van der Waals surface area contributed by atoms with Crippen LogP contribution in [0.5, 0.6) is 11.5 Å². The summed E-state index contributed by atoms with van der Waals surface area (Å²) < 4.78 is 10.4. The third-order valence-corrected chi connectivity index (χ3v) is 4.16. The summed E-state index contributed by atoms with van der Waals surface area (Å²) in [5.74, 6) is 1.20. The van der Waals surface area contributed by atoms with Crippen molar-refractivity contribution in [2.45, 2.75) is 18.6 Å². The van der Waals surface area contributed by atoms with Crippen LogP contribution in [0.4, 0.5) is 4.79 Å². The molecule has 6 heteroatoms. The Morgan fingerprint density at radius 1 is 1.20 bits per heavy atom. The quantitative estimate of drug-likeness (QED) is 0.834. The first-order valence-corrected chi connectivity index (χ1v) is 7.17. The van der Waals surface area contributed by atoms with Crippen molar-refractivity contribution >= 4 is 22.9 Å². The van der Waals surface area contributed by atoms with E-state index in [0.29, 0.717) is 24.5 Å². The first kappa shape index (κ1) is 14.7. The van der Waals surface area contributed by atoms with Crippen molar-refractivity contribution in [2.24, 2.45) is 0 Å². The minimum Gasteiger partial charge on any atom is -0.493 e. The van der Waals surface area contributed by atoms with E-state index in [1.165, 1.54) is 4.90 Å². The van der Waals surface area contributed by atoms with E-state index in [9.17, 15) is 9.59 Å². The molecule has 108 valence electrons. The van der Waals surface area contributed by atoms with Crippen molar-refractivity contribution in [3.63, 3.8) is 0 Å². The van der Waals surface area contributed by atoms with E-state index < -0.39 is 0 Å². The molecule has 0 aromatic heterocycles. The topological polar surface area (TPSA) is 55.8 Å². The number of nitrogens with zero attached hydrogens (tertiary/aromatic N) is 1. The van der Waals surface area contributed by atoms with E-state index in [4.69, 9.17) is 9.47 Å². The van der Waals surface area contributed by atoms with Crippen LogP contribution >= 0.6 is 11.8 Å². The van der Waals surface area contributed by atoms with E-state index in [1.807, 2.05) is 18.2 Å². The molecule has 1 heterocycles. The molecule has 1 saturated heterocycles. The van der Waals surface area contributed by atoms with Gasteiger partial charge in [0.15, 0.2) is 11.5 Å². The molecule has 20 heavy (non-hydrogen) atoms. The first-order valence-electron chi connectivity index (χ1n) is 6.29. The van der Waals surface area contributed by atoms with Crippen LogP contribution in [0.2, 0.25) is 0 Å². The van der Waals surface area contributed by atoms with Crippen LogP contribution in [-0.2, 0) is 11.2 Å². The van der Waals surface area contributed by atoms with Crippen LogP contribution in [0.3, 0.4) is 0 Å². The van der Waals surface area contributed by atoms with Gasteiger partial charge in [0.1, 0.15) is 0 Å². The summed E-state index contributed by atoms with van der Waals surface area (Å²) in [5.41, 5.74) is 0.993. The molecule has 1 aromatic carbocycles. The minimum absolute atomic E-state index is 0.111. The predicted molar refractivity (Wildman–Crippen MR) is 77.4 cm³/mol. The molecule has 2 rings (SSSR count). The summed E-state index contributed by atoms with van der Waals surface area (Å²) in [6.07, 6.45) is 0.602. The molecule has 1 aromatic rings. The standard InChI is InChI=1S/C14H17NO4S/c1-9-13(16)15(14(17)20-9)7-6-10-4-5-11(18-2)12(8-10)19-3/h4-5,8-9H,6-7H2,1-3H3. The fraction of sp³-hybridized carbons (Fsp3) is 0.429. The third-order valence-electron chi connectivity index (χ3n) is 3.18. The lowest BCUT2D eigenvalue weighted by atomic mass is 10.1. The van der Waals surface area contributed by atoms with Crippen LogP contribution in [-0.4, -0.2) is 42.1 Å². The molecule has 0 saturated carbocycles. The van der Waals surface area contributed by atoms with Gasteiger partial charge in [-0.25, -0.2) is 0 Å². The van der Waals surface area contributed by atoms with E-state index in [0.717, 1.165) is 17.3 Å². The molecular weight excluding hydrogens is 278 g/mol. The maximum Gasteiger partial charge on any atom is 0.289 e. The smallest absolute Gasteiger partial charge is 0.289 e. The summed E-state index contributed by atoms with van der Waals surface area (Å²) in [7, 11) is 3.16. The van der Waals surface area contributed by atoms with Gasteiger partial charge in [-0.1, -0.05) is 17.8 Å². The molecular formula is C14H17NO4S. The molecule has 0 bridgehead atoms. The molecule has 0 spiro atoms. The van der Waals surface area contributed by atoms with Crippen LogP contribution in [0.25, 0.3) is 0 Å². The van der Waals surface area contributed by atoms with Gasteiger partial charge < -0.3 is 9.47 Å². The lowest BCUT2D eigenvalue weighted by Gasteiger charge is -2.14. The van der Waals surface area contributed by atoms with E-state index in [1.54, 1.807) is 21.1 Å². The number of rotatable bonds is 5. The van der Waals surface area contributed by atoms with Crippen molar-refractivity contribution < 1.29 is 19.1 Å². The van der Waals surface area contributed by atoms with Gasteiger partial charge in [-0.15, -0.1) is 0 Å². The number of ether oxygens (including phenoxy) is 2. The Bertz CT molecular complexity index is 532. The second-order valence-electron chi connectivity index (χ2n) is 4.46. The molecule has 1 aliphatic rings. The second kappa shape index (κ2) is 6.17. The summed E-state index contributed by atoms with van der Waals surface area (Å²) in [4.78, 5) is 24.8. The largest absolute Gasteiger partial charge is 0.493 e. The van der Waals surface area contributed by atoms with Crippen LogP contribution in [0.15, 0.2) is 18.2 Å². The highest BCUT2D eigenvalue weighted by molar-refractivity contribution is 8.15. The molecule has 1 atom stereocenters. The van der Waals surface area contributed by atoms with Gasteiger partial charge in [-0.2, -0.15) is 0 Å². The second-order valence-corrected chi connectivity index (χ2v) is 5.75. The third kappa shape index (κ3) is 2.90. The van der Waals surface area contributed by atoms with Gasteiger partial charge >= 0.3 is 0 Å². The lowest BCUT2D eigenvalue weighted by molar-refractivity contribution is -0.126. The number of carbonyl (C=O) groups excluding carboxylic acids is 2. The van der Waals surface area contributed by atoms with E-state index in [-0.39, 0.29) is 16.4 Å². The summed E-state index contributed by atoms with van der Waals surface area (Å²) in [5, 5.41) is -0.434. The first-order chi connectivity index (χ1) is 9.56. The highest BCUT2D eigenvalue weighted by Gasteiger charge is 2.36. The average Bonchev–Trinajstić information content (AvgIpc) is 2.70. The monoisotopic (exact) mass is 295 g/mol. The molecule has 5 nitrogen and oxygen atoms in total. The summed E-state index contributed by atoms with van der Waals surface area (Å²) in [6.45, 7) is 2.14. The van der Waals surface area contributed by atoms with Crippen molar-refractivity contribution in [2.75, 3.05) is 20.8 Å². The molecule has 0 N–H and O–H groups in total. The number of carbonyl (C=O) groups is 2. The van der Waals surface area contributed by atoms with Gasteiger partial charge in [0, 0.05) is 6.54 Å². The van der Waals surface area contributed by atoms with E-state index in [2.05, 4.69) is 0 Å². The van der Waals surface area contributed by atoms with Crippen molar-refractivity contribution in [3.05, 3.63) is 23.8 Å². The summed E-state index contributed by atoms with van der Waals surface area (Å²) in [6, 6.07) is 5.59. The number of hydrogen-bond acceptors (Lipinski definition) is 5. The average molecular weight is 295 g/mol. The normalized spacial score (nSPS) is 18.6. The highest BCUT2D eigenvalue weighted by atomic mass is 32.2. The van der Waals surface area contributed by atoms with Crippen LogP contribution < -0.4 is 9.47 Å². The molecule has 1 fully saturated rings. The van der Waals surface area contributed by atoms with Crippen LogP contribution in [0, 0.1) is 0 Å². The molecule has 1 aliphatic heterocycles. The van der Waals surface area contributed by atoms with E-state index >= 15 is 0 Å². The fourth-order valence-electron chi connectivity index (χ4n) is 2.05. The lowest BCUT2D eigenvalue weighted by Crippen LogP contribution is -2.32. The molecule has 0 aliphatic carbocycles. The number of hydrogen-bond donors (Lipinski definition) is 0. The Labute approximate surface area is 122 Å². The Hall–Kier alpha value is -1.69. The van der Waals surface area contributed by atoms with Crippen molar-refractivity contribution in [1.82, 2.24) is 4.90 Å². The number of amides is 2. The fourth-order valence-corrected chi connectivity index (χ4v) is 2.89. The van der Waals surface area contributed by atoms with Gasteiger partial charge in [-0.3, -0.25) is 14.5 Å². The Morgan fingerprint density at radius 3 is 2.45 bits per heavy atom. The molecule has 0 radical (unpaired) electrons. The zero-order chi connectivity index (χ0) is 14.7. The zero-order valence-corrected chi connectivity index (χ0v) is 12.5. The maximum absolute atomic E-state index is 11.8. The van der Waals surface area contributed by atoms with Crippen LogP contribution in [0.1, 0.15) is 12.5 Å². The maximum atomic E-state index is 11.8. The number of imide groups is 1. The van der Waals surface area contributed by atoms with Gasteiger partial charge in [0.05, 0.1) is 19.5 Å². The van der Waals surface area contributed by atoms with Crippen molar-refractivity contribution in [1.29, 1.82) is 0 Å². The van der Waals surface area contributed by atoms with Gasteiger partial charge in [0.2, 0.25) is 5.91 Å². The number of methoxy groups -OCH3 is 2. The Balaban J connectivity index is 2.04. The zero-order valence-electron chi connectivity index (χ0n) is 11.7. The Kier molecular flexibility index (Phi) is 4.54.